The Morgan fingerprint density at radius 2 is 1.54 bits per heavy atom. The van der Waals surface area contributed by atoms with E-state index in [-0.39, 0.29) is 25.3 Å². The van der Waals surface area contributed by atoms with Gasteiger partial charge in [-0.05, 0) is 82.7 Å². The van der Waals surface area contributed by atoms with Crippen LogP contribution in [0.4, 0.5) is 10.5 Å². The zero-order chi connectivity index (χ0) is 29.3. The van der Waals surface area contributed by atoms with E-state index in [9.17, 15) is 19.2 Å². The first-order chi connectivity index (χ1) is 18.2. The topological polar surface area (TPSA) is 131 Å². The molecule has 0 aliphatic rings. The summed E-state index contributed by atoms with van der Waals surface area (Å²) in [6.45, 7) is 13.0. The van der Waals surface area contributed by atoms with E-state index in [0.717, 1.165) is 16.7 Å². The highest BCUT2D eigenvalue weighted by molar-refractivity contribution is 5.99. The molecule has 4 amide bonds. The Hall–Kier alpha value is -3.88. The first kappa shape index (κ1) is 31.3. The van der Waals surface area contributed by atoms with Crippen LogP contribution in [0.3, 0.4) is 0 Å². The molecule has 0 radical (unpaired) electrons. The van der Waals surface area contributed by atoms with Gasteiger partial charge in [0.1, 0.15) is 17.7 Å². The van der Waals surface area contributed by atoms with Crippen LogP contribution in [0.1, 0.15) is 75.3 Å². The number of rotatable bonds is 11. The van der Waals surface area contributed by atoms with Gasteiger partial charge in [0.15, 0.2) is 0 Å². The summed E-state index contributed by atoms with van der Waals surface area (Å²) in [4.78, 5) is 53.9. The second-order valence-electron chi connectivity index (χ2n) is 10.7. The minimum atomic E-state index is -1.13. The van der Waals surface area contributed by atoms with Gasteiger partial charge in [0.25, 0.3) is 5.91 Å². The molecule has 0 aromatic heterocycles. The average molecular weight is 539 g/mol. The Balaban J connectivity index is 2.58. The number of primary amides is 1. The molecule has 0 aliphatic heterocycles. The summed E-state index contributed by atoms with van der Waals surface area (Å²) in [7, 11) is 0. The molecule has 0 bridgehead atoms. The van der Waals surface area contributed by atoms with Crippen molar-refractivity contribution in [3.63, 3.8) is 0 Å². The third-order valence-corrected chi connectivity index (χ3v) is 6.19. The van der Waals surface area contributed by atoms with Crippen molar-refractivity contribution in [1.29, 1.82) is 0 Å². The van der Waals surface area contributed by atoms with E-state index in [1.54, 1.807) is 26.8 Å². The molecule has 9 heteroatoms. The van der Waals surface area contributed by atoms with E-state index in [1.165, 1.54) is 4.90 Å². The van der Waals surface area contributed by atoms with Crippen LogP contribution < -0.4 is 16.4 Å². The summed E-state index contributed by atoms with van der Waals surface area (Å²) in [5, 5.41) is 5.61. The van der Waals surface area contributed by atoms with Crippen molar-refractivity contribution < 1.29 is 23.9 Å². The minimum absolute atomic E-state index is 0.0352. The number of ether oxygens (including phenoxy) is 1. The van der Waals surface area contributed by atoms with Crippen LogP contribution in [0.2, 0.25) is 0 Å². The number of carbonyl (C=O) groups is 4. The third kappa shape index (κ3) is 9.12. The molecule has 4 N–H and O–H groups in total. The predicted octanol–water partition coefficient (Wildman–Crippen LogP) is 4.69. The number of nitrogens with one attached hydrogen (secondary N) is 2. The molecule has 0 heterocycles. The van der Waals surface area contributed by atoms with E-state index in [1.807, 2.05) is 64.1 Å². The number of hydrogen-bond donors (Lipinski definition) is 3. The van der Waals surface area contributed by atoms with Crippen LogP contribution in [-0.4, -0.2) is 46.9 Å². The highest BCUT2D eigenvalue weighted by atomic mass is 16.6. The van der Waals surface area contributed by atoms with Gasteiger partial charge >= 0.3 is 6.09 Å². The van der Waals surface area contributed by atoms with E-state index >= 15 is 0 Å². The smallest absolute Gasteiger partial charge is 0.408 e. The number of nitrogens with zero attached hydrogens (tertiary/aromatic N) is 1. The lowest BCUT2D eigenvalue weighted by Gasteiger charge is -2.35. The number of nitrogens with two attached hydrogens (primary N) is 1. The lowest BCUT2D eigenvalue weighted by molar-refractivity contribution is -0.141. The summed E-state index contributed by atoms with van der Waals surface area (Å²) in [6.07, 6.45) is -0.406. The Morgan fingerprint density at radius 3 is 2.08 bits per heavy atom. The molecule has 9 nitrogen and oxygen atoms in total. The SMILES string of the molecule is CCCN(C(=O)C(CCC(N)=O)NC(=O)OC(C)(C)C)C(C(=O)Nc1ccccc1C)c1c(C)cccc1C. The van der Waals surface area contributed by atoms with Crippen molar-refractivity contribution in [3.05, 3.63) is 64.7 Å². The lowest BCUT2D eigenvalue weighted by Crippen LogP contribution is -2.53. The Kier molecular flexibility index (Phi) is 11.1. The van der Waals surface area contributed by atoms with Crippen molar-refractivity contribution in [2.75, 3.05) is 11.9 Å². The van der Waals surface area contributed by atoms with Crippen LogP contribution in [0.15, 0.2) is 42.5 Å². The molecule has 39 heavy (non-hydrogen) atoms. The Labute approximate surface area is 231 Å². The quantitative estimate of drug-likeness (QED) is 0.382. The summed E-state index contributed by atoms with van der Waals surface area (Å²) in [5.41, 5.74) is 8.51. The molecule has 2 aromatic rings. The molecule has 0 aliphatic carbocycles. The van der Waals surface area contributed by atoms with Crippen molar-refractivity contribution in [2.24, 2.45) is 5.73 Å². The van der Waals surface area contributed by atoms with Crippen molar-refractivity contribution in [2.45, 2.75) is 85.4 Å². The van der Waals surface area contributed by atoms with Crippen LogP contribution >= 0.6 is 0 Å². The molecular formula is C30H42N4O5. The van der Waals surface area contributed by atoms with Gasteiger partial charge in [0, 0.05) is 18.7 Å². The second-order valence-corrected chi connectivity index (χ2v) is 10.7. The maximum Gasteiger partial charge on any atom is 0.408 e. The third-order valence-electron chi connectivity index (χ3n) is 6.19. The second kappa shape index (κ2) is 13.8. The molecule has 0 spiro atoms. The van der Waals surface area contributed by atoms with Crippen molar-refractivity contribution >= 4 is 29.5 Å². The summed E-state index contributed by atoms with van der Waals surface area (Å²) >= 11 is 0. The van der Waals surface area contributed by atoms with Gasteiger partial charge in [-0.15, -0.1) is 0 Å². The molecule has 212 valence electrons. The highest BCUT2D eigenvalue weighted by Crippen LogP contribution is 2.30. The van der Waals surface area contributed by atoms with E-state index < -0.39 is 35.6 Å². The molecule has 2 rings (SSSR count). The van der Waals surface area contributed by atoms with Crippen LogP contribution in [0, 0.1) is 20.8 Å². The zero-order valence-electron chi connectivity index (χ0n) is 24.1. The standard InChI is InChI=1S/C30H42N4O5/c1-8-18-34(28(37)23(16-17-24(31)35)33-29(38)39-30(5,6)7)26(25-20(3)13-11-14-21(25)4)27(36)32-22-15-10-9-12-19(22)2/h9-15,23,26H,8,16-18H2,1-7H3,(H2,31,35)(H,32,36)(H,33,38). The molecule has 2 atom stereocenters. The van der Waals surface area contributed by atoms with Crippen LogP contribution in [-0.2, 0) is 19.1 Å². The molecule has 0 saturated heterocycles. The van der Waals surface area contributed by atoms with Gasteiger partial charge < -0.3 is 26.0 Å². The molecular weight excluding hydrogens is 496 g/mol. The van der Waals surface area contributed by atoms with E-state index in [2.05, 4.69) is 10.6 Å². The van der Waals surface area contributed by atoms with Gasteiger partial charge in [-0.3, -0.25) is 14.4 Å². The summed E-state index contributed by atoms with van der Waals surface area (Å²) in [5.74, 6) is -1.49. The predicted molar refractivity (Wildman–Crippen MR) is 152 cm³/mol. The number of carbonyl (C=O) groups excluding carboxylic acids is 4. The van der Waals surface area contributed by atoms with Gasteiger partial charge in [-0.2, -0.15) is 0 Å². The number of anilines is 1. The zero-order valence-corrected chi connectivity index (χ0v) is 24.1. The highest BCUT2D eigenvalue weighted by Gasteiger charge is 2.37. The maximum absolute atomic E-state index is 14.1. The minimum Gasteiger partial charge on any atom is -0.444 e. The van der Waals surface area contributed by atoms with Gasteiger partial charge in [0.2, 0.25) is 11.8 Å². The van der Waals surface area contributed by atoms with Gasteiger partial charge in [-0.25, -0.2) is 4.79 Å². The normalized spacial score (nSPS) is 12.7. The number of amides is 4. The molecule has 2 aromatic carbocycles. The fourth-order valence-corrected chi connectivity index (χ4v) is 4.40. The monoisotopic (exact) mass is 538 g/mol. The number of benzene rings is 2. The fraction of sp³-hybridized carbons (Fsp3) is 0.467. The lowest BCUT2D eigenvalue weighted by atomic mass is 9.93. The van der Waals surface area contributed by atoms with Gasteiger partial charge in [-0.1, -0.05) is 43.3 Å². The van der Waals surface area contributed by atoms with Crippen LogP contribution in [0.5, 0.6) is 0 Å². The summed E-state index contributed by atoms with van der Waals surface area (Å²) in [6, 6.07) is 11.0. The summed E-state index contributed by atoms with van der Waals surface area (Å²) < 4.78 is 5.37. The number of aryl methyl sites for hydroxylation is 3. The van der Waals surface area contributed by atoms with Crippen molar-refractivity contribution in [3.8, 4) is 0 Å². The number of para-hydroxylation sites is 1. The number of alkyl carbamates (subject to hydrolysis) is 1. The van der Waals surface area contributed by atoms with E-state index in [4.69, 9.17) is 10.5 Å². The Morgan fingerprint density at radius 1 is 0.949 bits per heavy atom. The first-order valence-corrected chi connectivity index (χ1v) is 13.3. The number of hydrogen-bond acceptors (Lipinski definition) is 5. The Bertz CT molecular complexity index is 1170. The molecule has 0 fully saturated rings. The fourth-order valence-electron chi connectivity index (χ4n) is 4.40. The first-order valence-electron chi connectivity index (χ1n) is 13.3. The largest absolute Gasteiger partial charge is 0.444 e. The van der Waals surface area contributed by atoms with E-state index in [0.29, 0.717) is 17.7 Å². The van der Waals surface area contributed by atoms with Crippen LogP contribution in [0.25, 0.3) is 0 Å². The van der Waals surface area contributed by atoms with Gasteiger partial charge in [0.05, 0.1) is 0 Å². The molecule has 0 saturated carbocycles. The maximum atomic E-state index is 14.1. The average Bonchev–Trinajstić information content (AvgIpc) is 2.82. The van der Waals surface area contributed by atoms with Crippen molar-refractivity contribution in [1.82, 2.24) is 10.2 Å². The molecule has 2 unspecified atom stereocenters.